The number of halogens is 2. The van der Waals surface area contributed by atoms with Crippen molar-refractivity contribution in [2.75, 3.05) is 0 Å². The number of nitrogens with zero attached hydrogens (tertiary/aromatic N) is 5. The highest BCUT2D eigenvalue weighted by molar-refractivity contribution is 5.94. The van der Waals surface area contributed by atoms with Gasteiger partial charge in [0.05, 0.1) is 11.0 Å². The summed E-state index contributed by atoms with van der Waals surface area (Å²) in [5.74, 6) is -1.71. The van der Waals surface area contributed by atoms with Gasteiger partial charge in [0.25, 0.3) is 5.92 Å². The summed E-state index contributed by atoms with van der Waals surface area (Å²) < 4.78 is 31.5. The summed E-state index contributed by atoms with van der Waals surface area (Å²) in [6.07, 6.45) is 3.28. The Balaban J connectivity index is 1.30. The van der Waals surface area contributed by atoms with E-state index >= 15 is 8.78 Å². The molecule has 204 valence electrons. The molecule has 7 heteroatoms. The van der Waals surface area contributed by atoms with Gasteiger partial charge in [-0.05, 0) is 34.9 Å². The third-order valence-electron chi connectivity index (χ3n) is 7.77. The lowest BCUT2D eigenvalue weighted by molar-refractivity contribution is 0.0480. The van der Waals surface area contributed by atoms with Crippen molar-refractivity contribution in [2.24, 2.45) is 0 Å². The maximum atomic E-state index is 15.8. The summed E-state index contributed by atoms with van der Waals surface area (Å²) in [7, 11) is 0. The predicted octanol–water partition coefficient (Wildman–Crippen LogP) is 8.60. The van der Waals surface area contributed by atoms with Crippen LogP contribution in [0.2, 0.25) is 0 Å². The van der Waals surface area contributed by atoms with E-state index < -0.39 is 5.92 Å². The molecular weight excluding hydrogens is 540 g/mol. The van der Waals surface area contributed by atoms with E-state index in [0.717, 1.165) is 33.3 Å². The molecule has 2 aromatic heterocycles. The van der Waals surface area contributed by atoms with E-state index in [2.05, 4.69) is 9.97 Å². The zero-order valence-electron chi connectivity index (χ0n) is 22.6. The first-order valence-corrected chi connectivity index (χ1v) is 13.8. The number of benzene rings is 5. The molecule has 0 atom stereocenters. The fourth-order valence-electron chi connectivity index (χ4n) is 5.70. The maximum absolute atomic E-state index is 15.8. The minimum atomic E-state index is -3.14. The first-order chi connectivity index (χ1) is 21.1. The van der Waals surface area contributed by atoms with Gasteiger partial charge in [-0.2, -0.15) is 8.78 Å². The number of rotatable bonds is 4. The minimum absolute atomic E-state index is 0.0275. The first-order valence-electron chi connectivity index (χ1n) is 13.8. The van der Waals surface area contributed by atoms with E-state index in [9.17, 15) is 0 Å². The van der Waals surface area contributed by atoms with Crippen LogP contribution in [0.4, 0.5) is 8.78 Å². The molecule has 0 unspecified atom stereocenters. The summed E-state index contributed by atoms with van der Waals surface area (Å²) >= 11 is 0. The lowest BCUT2D eigenvalue weighted by Crippen LogP contribution is -2.10. The summed E-state index contributed by atoms with van der Waals surface area (Å²) in [6.45, 7) is 0. The Morgan fingerprint density at radius 1 is 0.442 bits per heavy atom. The molecular formula is C36H21F2N5. The van der Waals surface area contributed by atoms with Gasteiger partial charge in [-0.1, -0.05) is 97.1 Å². The van der Waals surface area contributed by atoms with Crippen molar-refractivity contribution in [3.8, 4) is 56.4 Å². The zero-order chi connectivity index (χ0) is 29.0. The molecule has 0 fully saturated rings. The second-order valence-corrected chi connectivity index (χ2v) is 10.4. The number of alkyl halides is 2. The van der Waals surface area contributed by atoms with E-state index in [4.69, 9.17) is 15.0 Å². The van der Waals surface area contributed by atoms with Crippen LogP contribution < -0.4 is 0 Å². The summed E-state index contributed by atoms with van der Waals surface area (Å²) in [5.41, 5.74) is 6.24. The molecule has 0 radical (unpaired) electrons. The van der Waals surface area contributed by atoms with Crippen LogP contribution >= 0.6 is 0 Å². The van der Waals surface area contributed by atoms with Crippen molar-refractivity contribution in [3.63, 3.8) is 0 Å². The molecule has 0 spiro atoms. The van der Waals surface area contributed by atoms with E-state index in [1.54, 1.807) is 30.6 Å². The average Bonchev–Trinajstić information content (AvgIpc) is 3.30. The van der Waals surface area contributed by atoms with Crippen molar-refractivity contribution in [1.82, 2.24) is 24.9 Å². The molecule has 43 heavy (non-hydrogen) atoms. The van der Waals surface area contributed by atoms with Crippen LogP contribution in [0.5, 0.6) is 0 Å². The Labute approximate surface area is 245 Å². The molecule has 0 saturated carbocycles. The number of para-hydroxylation sites is 1. The van der Waals surface area contributed by atoms with Crippen molar-refractivity contribution in [3.05, 3.63) is 139 Å². The van der Waals surface area contributed by atoms with E-state index in [1.165, 1.54) is 12.1 Å². The van der Waals surface area contributed by atoms with E-state index in [1.807, 2.05) is 84.9 Å². The van der Waals surface area contributed by atoms with Gasteiger partial charge in [0, 0.05) is 45.8 Å². The third kappa shape index (κ3) is 4.16. The molecule has 7 aromatic rings. The molecule has 5 nitrogen and oxygen atoms in total. The second kappa shape index (κ2) is 9.70. The topological polar surface area (TPSA) is 64.5 Å². The van der Waals surface area contributed by atoms with Crippen molar-refractivity contribution >= 4 is 11.0 Å². The van der Waals surface area contributed by atoms with Crippen LogP contribution in [0.1, 0.15) is 11.1 Å². The highest BCUT2D eigenvalue weighted by Crippen LogP contribution is 2.52. The predicted molar refractivity (Wildman–Crippen MR) is 163 cm³/mol. The van der Waals surface area contributed by atoms with Crippen LogP contribution in [0.15, 0.2) is 128 Å². The first kappa shape index (κ1) is 25.1. The van der Waals surface area contributed by atoms with Gasteiger partial charge < -0.3 is 0 Å². The molecule has 0 saturated heterocycles. The Morgan fingerprint density at radius 3 is 1.60 bits per heavy atom. The van der Waals surface area contributed by atoms with E-state index in [-0.39, 0.29) is 11.1 Å². The van der Waals surface area contributed by atoms with Crippen molar-refractivity contribution in [1.29, 1.82) is 0 Å². The van der Waals surface area contributed by atoms with Crippen LogP contribution in [0.3, 0.4) is 0 Å². The summed E-state index contributed by atoms with van der Waals surface area (Å²) in [5, 5.41) is 0. The second-order valence-electron chi connectivity index (χ2n) is 10.4. The molecule has 1 aliphatic carbocycles. The smallest absolute Gasteiger partial charge is 0.253 e. The monoisotopic (exact) mass is 561 g/mol. The Bertz CT molecular complexity index is 2100. The number of hydrogen-bond donors (Lipinski definition) is 0. The average molecular weight is 562 g/mol. The van der Waals surface area contributed by atoms with Crippen molar-refractivity contribution in [2.45, 2.75) is 5.92 Å². The number of fused-ring (bicyclic) bond motifs is 4. The van der Waals surface area contributed by atoms with Gasteiger partial charge >= 0.3 is 0 Å². The Morgan fingerprint density at radius 2 is 0.977 bits per heavy atom. The number of hydrogen-bond acceptors (Lipinski definition) is 5. The zero-order valence-corrected chi connectivity index (χ0v) is 22.6. The van der Waals surface area contributed by atoms with Crippen LogP contribution in [0.25, 0.3) is 67.5 Å². The quantitative estimate of drug-likeness (QED) is 0.215. The van der Waals surface area contributed by atoms with Gasteiger partial charge in [0.1, 0.15) is 0 Å². The van der Waals surface area contributed by atoms with Crippen LogP contribution in [-0.4, -0.2) is 24.9 Å². The van der Waals surface area contributed by atoms with E-state index in [0.29, 0.717) is 34.2 Å². The maximum Gasteiger partial charge on any atom is 0.299 e. The molecule has 0 amide bonds. The molecule has 5 aromatic carbocycles. The molecule has 0 aliphatic heterocycles. The molecule has 8 rings (SSSR count). The normalized spacial score (nSPS) is 13.1. The van der Waals surface area contributed by atoms with Gasteiger partial charge in [0.2, 0.25) is 0 Å². The highest BCUT2D eigenvalue weighted by atomic mass is 19.3. The lowest BCUT2D eigenvalue weighted by atomic mass is 9.97. The van der Waals surface area contributed by atoms with Gasteiger partial charge in [-0.3, -0.25) is 9.97 Å². The van der Waals surface area contributed by atoms with Gasteiger partial charge in [-0.25, -0.2) is 15.0 Å². The SMILES string of the molecule is FC1(F)c2ccc(-c3nc(-c4ccccc4)nc(-c4ccccc4)n3)cc2-c2cc(-c3cccc4nccnc34)ccc21. The highest BCUT2D eigenvalue weighted by Gasteiger charge is 2.44. The lowest BCUT2D eigenvalue weighted by Gasteiger charge is -2.13. The van der Waals surface area contributed by atoms with Gasteiger partial charge in [-0.15, -0.1) is 0 Å². The molecule has 2 heterocycles. The molecule has 1 aliphatic rings. The van der Waals surface area contributed by atoms with Crippen molar-refractivity contribution < 1.29 is 8.78 Å². The molecule has 0 bridgehead atoms. The van der Waals surface area contributed by atoms with Crippen LogP contribution in [-0.2, 0) is 5.92 Å². The standard InChI is InChI=1S/C36H21F2N5/c37-36(38)29-16-14-24(26-12-7-13-31-32(26)40-19-18-39-31)20-27(29)28-21-25(15-17-30(28)36)35-42-33(22-8-3-1-4-9-22)41-34(43-35)23-10-5-2-6-11-23/h1-21H. The number of aromatic nitrogens is 5. The fourth-order valence-corrected chi connectivity index (χ4v) is 5.70. The Hall–Kier alpha value is -5.69. The fraction of sp³-hybridized carbons (Fsp3) is 0.0278. The summed E-state index contributed by atoms with van der Waals surface area (Å²) in [6, 6.07) is 35.0. The largest absolute Gasteiger partial charge is 0.299 e. The third-order valence-corrected chi connectivity index (χ3v) is 7.77. The molecule has 0 N–H and O–H groups in total. The van der Waals surface area contributed by atoms with Gasteiger partial charge in [0.15, 0.2) is 17.5 Å². The Kier molecular flexibility index (Phi) is 5.65. The minimum Gasteiger partial charge on any atom is -0.253 e. The summed E-state index contributed by atoms with van der Waals surface area (Å²) in [4.78, 5) is 23.2. The van der Waals surface area contributed by atoms with Crippen LogP contribution in [0, 0.1) is 0 Å².